The van der Waals surface area contributed by atoms with Crippen molar-refractivity contribution in [1.29, 1.82) is 0 Å². The zero-order chi connectivity index (χ0) is 18.4. The van der Waals surface area contributed by atoms with E-state index in [4.69, 9.17) is 4.74 Å². The van der Waals surface area contributed by atoms with Crippen molar-refractivity contribution in [3.05, 3.63) is 57.7 Å². The Bertz CT molecular complexity index is 852. The molecule has 25 heavy (non-hydrogen) atoms. The first-order valence-corrected chi connectivity index (χ1v) is 10.7. The molecule has 0 spiro atoms. The average Bonchev–Trinajstić information content (AvgIpc) is 2.57. The third kappa shape index (κ3) is 6.00. The Hall–Kier alpha value is -1.61. The molecule has 0 aliphatic rings. The standard InChI is InChI=1S/C18H20INO4S/c1-20(18(21)14-6-3-7-15(19)12-14)10-5-11-24-16-8-4-9-17(13-16)25(2,22)23/h3-4,6-9,12-13H,5,10-11H2,1-2H3. The van der Waals surface area contributed by atoms with Crippen molar-refractivity contribution < 1.29 is 17.9 Å². The van der Waals surface area contributed by atoms with Gasteiger partial charge in [0.15, 0.2) is 9.84 Å². The second kappa shape index (κ2) is 8.66. The highest BCUT2D eigenvalue weighted by Crippen LogP contribution is 2.17. The number of sulfone groups is 1. The van der Waals surface area contributed by atoms with E-state index in [-0.39, 0.29) is 10.8 Å². The Kier molecular flexibility index (Phi) is 6.83. The molecule has 0 N–H and O–H groups in total. The topological polar surface area (TPSA) is 63.7 Å². The van der Waals surface area contributed by atoms with Crippen molar-refractivity contribution in [2.75, 3.05) is 26.5 Å². The number of amides is 1. The monoisotopic (exact) mass is 473 g/mol. The van der Waals surface area contributed by atoms with Crippen molar-refractivity contribution in [2.45, 2.75) is 11.3 Å². The molecule has 0 aliphatic heterocycles. The summed E-state index contributed by atoms with van der Waals surface area (Å²) in [6.07, 6.45) is 1.81. The van der Waals surface area contributed by atoms with Gasteiger partial charge in [-0.3, -0.25) is 4.79 Å². The van der Waals surface area contributed by atoms with Gasteiger partial charge in [0.05, 0.1) is 11.5 Å². The summed E-state index contributed by atoms with van der Waals surface area (Å²) in [7, 11) is -1.49. The molecule has 134 valence electrons. The van der Waals surface area contributed by atoms with Crippen LogP contribution in [0, 0.1) is 3.57 Å². The molecule has 0 aromatic heterocycles. The molecule has 1 amide bonds. The van der Waals surface area contributed by atoms with Crippen LogP contribution >= 0.6 is 22.6 Å². The van der Waals surface area contributed by atoms with E-state index in [1.165, 1.54) is 12.1 Å². The molecular formula is C18H20INO4S. The Morgan fingerprint density at radius 1 is 1.16 bits per heavy atom. The Morgan fingerprint density at radius 3 is 2.56 bits per heavy atom. The molecule has 2 rings (SSSR count). The van der Waals surface area contributed by atoms with Gasteiger partial charge in [0, 0.05) is 29.0 Å². The summed E-state index contributed by atoms with van der Waals surface area (Å²) < 4.78 is 29.7. The van der Waals surface area contributed by atoms with Crippen molar-refractivity contribution >= 4 is 38.3 Å². The Balaban J connectivity index is 1.84. The van der Waals surface area contributed by atoms with Crippen molar-refractivity contribution in [3.63, 3.8) is 0 Å². The van der Waals surface area contributed by atoms with Gasteiger partial charge in [-0.1, -0.05) is 12.1 Å². The summed E-state index contributed by atoms with van der Waals surface area (Å²) in [6, 6.07) is 13.9. The molecule has 5 nitrogen and oxygen atoms in total. The first kappa shape index (κ1) is 19.7. The number of benzene rings is 2. The van der Waals surface area contributed by atoms with E-state index in [0.717, 1.165) is 9.83 Å². The summed E-state index contributed by atoms with van der Waals surface area (Å²) in [5, 5.41) is 0. The van der Waals surface area contributed by atoms with Gasteiger partial charge in [0.1, 0.15) is 5.75 Å². The minimum atomic E-state index is -3.25. The Labute approximate surface area is 162 Å². The minimum Gasteiger partial charge on any atom is -0.493 e. The molecule has 0 aliphatic carbocycles. The van der Waals surface area contributed by atoms with Gasteiger partial charge in [-0.05, 0) is 65.4 Å². The second-order valence-electron chi connectivity index (χ2n) is 5.69. The lowest BCUT2D eigenvalue weighted by molar-refractivity contribution is 0.0787. The van der Waals surface area contributed by atoms with Crippen LogP contribution in [-0.4, -0.2) is 45.7 Å². The SMILES string of the molecule is CN(CCCOc1cccc(S(C)(=O)=O)c1)C(=O)c1cccc(I)c1. The number of rotatable bonds is 7. The van der Waals surface area contributed by atoms with Crippen LogP contribution in [0.2, 0.25) is 0 Å². The molecule has 0 bridgehead atoms. The van der Waals surface area contributed by atoms with Crippen LogP contribution in [0.1, 0.15) is 16.8 Å². The van der Waals surface area contributed by atoms with Crippen molar-refractivity contribution in [3.8, 4) is 5.75 Å². The van der Waals surface area contributed by atoms with Crippen LogP contribution in [0.4, 0.5) is 0 Å². The summed E-state index contributed by atoms with van der Waals surface area (Å²) in [5.41, 5.74) is 0.663. The molecule has 0 heterocycles. The van der Waals surface area contributed by atoms with Crippen molar-refractivity contribution in [2.24, 2.45) is 0 Å². The lowest BCUT2D eigenvalue weighted by Gasteiger charge is -2.17. The highest BCUT2D eigenvalue weighted by Gasteiger charge is 2.12. The maximum absolute atomic E-state index is 12.3. The molecule has 0 unspecified atom stereocenters. The maximum Gasteiger partial charge on any atom is 0.253 e. The van der Waals surface area contributed by atoms with Crippen LogP contribution < -0.4 is 4.74 Å². The van der Waals surface area contributed by atoms with Gasteiger partial charge in [-0.25, -0.2) is 8.42 Å². The number of carbonyl (C=O) groups excluding carboxylic acids is 1. The Morgan fingerprint density at radius 2 is 1.88 bits per heavy atom. The van der Waals surface area contributed by atoms with E-state index in [9.17, 15) is 13.2 Å². The second-order valence-corrected chi connectivity index (χ2v) is 8.95. The predicted molar refractivity (Wildman–Crippen MR) is 106 cm³/mol. The molecular weight excluding hydrogens is 453 g/mol. The predicted octanol–water partition coefficient (Wildman–Crippen LogP) is 3.24. The van der Waals surface area contributed by atoms with E-state index in [2.05, 4.69) is 22.6 Å². The van der Waals surface area contributed by atoms with Crippen molar-refractivity contribution in [1.82, 2.24) is 4.90 Å². The lowest BCUT2D eigenvalue weighted by atomic mass is 10.2. The fourth-order valence-corrected chi connectivity index (χ4v) is 3.43. The van der Waals surface area contributed by atoms with E-state index < -0.39 is 9.84 Å². The van der Waals surface area contributed by atoms with Crippen LogP contribution in [0.3, 0.4) is 0 Å². The summed E-state index contributed by atoms with van der Waals surface area (Å²) >= 11 is 2.18. The number of hydrogen-bond donors (Lipinski definition) is 0. The zero-order valence-electron chi connectivity index (χ0n) is 14.1. The van der Waals surface area contributed by atoms with E-state index in [0.29, 0.717) is 30.9 Å². The normalized spacial score (nSPS) is 11.2. The van der Waals surface area contributed by atoms with Gasteiger partial charge < -0.3 is 9.64 Å². The van der Waals surface area contributed by atoms with E-state index in [1.807, 2.05) is 18.2 Å². The minimum absolute atomic E-state index is 0.0300. The van der Waals surface area contributed by atoms with Gasteiger partial charge >= 0.3 is 0 Å². The number of carbonyl (C=O) groups is 1. The molecule has 0 radical (unpaired) electrons. The fraction of sp³-hybridized carbons (Fsp3) is 0.278. The highest BCUT2D eigenvalue weighted by molar-refractivity contribution is 14.1. The number of hydrogen-bond acceptors (Lipinski definition) is 4. The van der Waals surface area contributed by atoms with Crippen LogP contribution in [0.5, 0.6) is 5.75 Å². The first-order chi connectivity index (χ1) is 11.8. The molecule has 0 fully saturated rings. The molecule has 0 atom stereocenters. The van der Waals surface area contributed by atoms with Gasteiger partial charge in [-0.2, -0.15) is 0 Å². The summed E-state index contributed by atoms with van der Waals surface area (Å²) in [4.78, 5) is 14.2. The van der Waals surface area contributed by atoms with Gasteiger partial charge in [0.25, 0.3) is 5.91 Å². The van der Waals surface area contributed by atoms with Gasteiger partial charge in [0.2, 0.25) is 0 Å². The summed E-state index contributed by atoms with van der Waals surface area (Å²) in [6.45, 7) is 0.952. The highest BCUT2D eigenvalue weighted by atomic mass is 127. The number of halogens is 1. The van der Waals surface area contributed by atoms with Crippen LogP contribution in [-0.2, 0) is 9.84 Å². The third-order valence-corrected chi connectivity index (χ3v) is 5.34. The lowest BCUT2D eigenvalue weighted by Crippen LogP contribution is -2.28. The molecule has 7 heteroatoms. The molecule has 2 aromatic rings. The summed E-state index contributed by atoms with van der Waals surface area (Å²) in [5.74, 6) is 0.479. The third-order valence-electron chi connectivity index (χ3n) is 3.56. The van der Waals surface area contributed by atoms with Crippen LogP contribution in [0.25, 0.3) is 0 Å². The molecule has 2 aromatic carbocycles. The number of nitrogens with zero attached hydrogens (tertiary/aromatic N) is 1. The maximum atomic E-state index is 12.3. The quantitative estimate of drug-likeness (QED) is 0.458. The largest absolute Gasteiger partial charge is 0.493 e. The zero-order valence-corrected chi connectivity index (χ0v) is 17.1. The fourth-order valence-electron chi connectivity index (χ4n) is 2.23. The molecule has 0 saturated heterocycles. The van der Waals surface area contributed by atoms with E-state index >= 15 is 0 Å². The smallest absolute Gasteiger partial charge is 0.253 e. The van der Waals surface area contributed by atoms with Crippen LogP contribution in [0.15, 0.2) is 53.4 Å². The number of ether oxygens (including phenoxy) is 1. The van der Waals surface area contributed by atoms with E-state index in [1.54, 1.807) is 30.1 Å². The molecule has 0 saturated carbocycles. The first-order valence-electron chi connectivity index (χ1n) is 7.71. The van der Waals surface area contributed by atoms with Gasteiger partial charge in [-0.15, -0.1) is 0 Å². The average molecular weight is 473 g/mol.